The first-order chi connectivity index (χ1) is 9.90. The van der Waals surface area contributed by atoms with Crippen LogP contribution in [0.25, 0.3) is 0 Å². The second-order valence-electron chi connectivity index (χ2n) is 6.92. The molecule has 4 heteroatoms. The molecule has 0 aromatic carbocycles. The molecular weight excluding hydrogens is 250 g/mol. The minimum absolute atomic E-state index is 0.303. The number of nitrogens with zero attached hydrogens (tertiary/aromatic N) is 2. The fourth-order valence-corrected chi connectivity index (χ4v) is 4.43. The summed E-state index contributed by atoms with van der Waals surface area (Å²) in [6, 6.07) is 0.987. The van der Waals surface area contributed by atoms with Crippen LogP contribution in [0, 0.1) is 5.92 Å². The van der Waals surface area contributed by atoms with Gasteiger partial charge in [0.15, 0.2) is 5.82 Å². The molecule has 0 amide bonds. The second kappa shape index (κ2) is 5.47. The molecule has 110 valence electrons. The Morgan fingerprint density at radius 3 is 2.60 bits per heavy atom. The summed E-state index contributed by atoms with van der Waals surface area (Å²) >= 11 is 0. The van der Waals surface area contributed by atoms with Gasteiger partial charge in [0, 0.05) is 12.0 Å². The Morgan fingerprint density at radius 1 is 0.900 bits per heavy atom. The lowest BCUT2D eigenvalue weighted by Crippen LogP contribution is -2.44. The van der Waals surface area contributed by atoms with E-state index < -0.39 is 0 Å². The molecule has 1 aromatic rings. The molecule has 4 rings (SSSR count). The van der Waals surface area contributed by atoms with Crippen LogP contribution in [0.1, 0.15) is 87.9 Å². The van der Waals surface area contributed by atoms with E-state index in [0.717, 1.165) is 24.1 Å². The van der Waals surface area contributed by atoms with Crippen molar-refractivity contribution in [3.63, 3.8) is 0 Å². The maximum Gasteiger partial charge on any atom is 0.243 e. The zero-order valence-electron chi connectivity index (χ0n) is 12.2. The molecule has 2 aliphatic carbocycles. The molecule has 0 spiro atoms. The first-order valence-electron chi connectivity index (χ1n) is 8.50. The summed E-state index contributed by atoms with van der Waals surface area (Å²) < 4.78 is 5.57. The Kier molecular flexibility index (Phi) is 3.51. The van der Waals surface area contributed by atoms with Crippen LogP contribution in [0.3, 0.4) is 0 Å². The third kappa shape index (κ3) is 2.39. The van der Waals surface area contributed by atoms with Crippen LogP contribution in [-0.2, 0) is 0 Å². The molecule has 0 radical (unpaired) electrons. The lowest BCUT2D eigenvalue weighted by Gasteiger charge is -2.39. The summed E-state index contributed by atoms with van der Waals surface area (Å²) in [5, 5.41) is 8.03. The highest BCUT2D eigenvalue weighted by molar-refractivity contribution is 5.03. The average Bonchev–Trinajstić information content (AvgIpc) is 3.17. The van der Waals surface area contributed by atoms with E-state index in [0.29, 0.717) is 18.0 Å². The molecule has 4 nitrogen and oxygen atoms in total. The van der Waals surface area contributed by atoms with Crippen molar-refractivity contribution in [3.8, 4) is 0 Å². The Balaban J connectivity index is 1.45. The van der Waals surface area contributed by atoms with Gasteiger partial charge in [-0.25, -0.2) is 0 Å². The standard InChI is InChI=1S/C16H25N3O/c1-2-7-12(6-1)15-18-16(20-19-15)14-10-9-11-5-3-4-8-13(11)17-14/h11-14,17H,1-10H2. The minimum Gasteiger partial charge on any atom is -0.338 e. The van der Waals surface area contributed by atoms with Gasteiger partial charge in [-0.15, -0.1) is 0 Å². The van der Waals surface area contributed by atoms with Crippen LogP contribution in [0.2, 0.25) is 0 Å². The van der Waals surface area contributed by atoms with E-state index in [4.69, 9.17) is 9.51 Å². The van der Waals surface area contributed by atoms with Crippen molar-refractivity contribution in [2.24, 2.45) is 5.92 Å². The maximum atomic E-state index is 5.57. The number of fused-ring (bicyclic) bond motifs is 1. The van der Waals surface area contributed by atoms with E-state index in [1.54, 1.807) is 0 Å². The van der Waals surface area contributed by atoms with Crippen molar-refractivity contribution in [2.75, 3.05) is 0 Å². The van der Waals surface area contributed by atoms with E-state index in [1.807, 2.05) is 0 Å². The van der Waals surface area contributed by atoms with Crippen molar-refractivity contribution in [1.82, 2.24) is 15.5 Å². The van der Waals surface area contributed by atoms with Crippen LogP contribution in [-0.4, -0.2) is 16.2 Å². The smallest absolute Gasteiger partial charge is 0.243 e. The molecule has 1 aliphatic heterocycles. The van der Waals surface area contributed by atoms with Crippen molar-refractivity contribution >= 4 is 0 Å². The lowest BCUT2D eigenvalue weighted by atomic mass is 9.78. The third-order valence-electron chi connectivity index (χ3n) is 5.63. The molecule has 1 aromatic heterocycles. The van der Waals surface area contributed by atoms with Crippen LogP contribution in [0.15, 0.2) is 4.52 Å². The molecule has 2 saturated carbocycles. The van der Waals surface area contributed by atoms with Crippen LogP contribution >= 0.6 is 0 Å². The van der Waals surface area contributed by atoms with Gasteiger partial charge in [0.25, 0.3) is 0 Å². The van der Waals surface area contributed by atoms with Gasteiger partial charge in [-0.1, -0.05) is 30.8 Å². The molecule has 1 N–H and O–H groups in total. The predicted molar refractivity (Wildman–Crippen MR) is 76.4 cm³/mol. The van der Waals surface area contributed by atoms with Gasteiger partial charge in [-0.2, -0.15) is 4.98 Å². The monoisotopic (exact) mass is 275 g/mol. The lowest BCUT2D eigenvalue weighted by molar-refractivity contribution is 0.158. The van der Waals surface area contributed by atoms with Gasteiger partial charge >= 0.3 is 0 Å². The molecule has 3 unspecified atom stereocenters. The van der Waals surface area contributed by atoms with Gasteiger partial charge in [-0.05, 0) is 44.4 Å². The van der Waals surface area contributed by atoms with Gasteiger partial charge in [-0.3, -0.25) is 0 Å². The van der Waals surface area contributed by atoms with Crippen LogP contribution in [0.5, 0.6) is 0 Å². The highest BCUT2D eigenvalue weighted by atomic mass is 16.5. The zero-order valence-corrected chi connectivity index (χ0v) is 12.2. The van der Waals surface area contributed by atoms with E-state index in [9.17, 15) is 0 Å². The molecule has 3 fully saturated rings. The quantitative estimate of drug-likeness (QED) is 0.894. The summed E-state index contributed by atoms with van der Waals surface area (Å²) in [5.41, 5.74) is 0. The van der Waals surface area contributed by atoms with Gasteiger partial charge in [0.2, 0.25) is 5.89 Å². The summed E-state index contributed by atoms with van der Waals surface area (Å²) in [6.45, 7) is 0. The SMILES string of the molecule is C1CCC(c2noc(C3CCC4CCCCC4N3)n2)C1. The van der Waals surface area contributed by atoms with E-state index in [-0.39, 0.29) is 0 Å². The van der Waals surface area contributed by atoms with Crippen molar-refractivity contribution < 1.29 is 4.52 Å². The Hall–Kier alpha value is -0.900. The first-order valence-corrected chi connectivity index (χ1v) is 8.50. The fourth-order valence-electron chi connectivity index (χ4n) is 4.43. The van der Waals surface area contributed by atoms with Crippen molar-refractivity contribution in [2.45, 2.75) is 82.2 Å². The van der Waals surface area contributed by atoms with E-state index in [2.05, 4.69) is 10.5 Å². The number of rotatable bonds is 2. The Labute approximate surface area is 120 Å². The van der Waals surface area contributed by atoms with Gasteiger partial charge in [0.05, 0.1) is 6.04 Å². The second-order valence-corrected chi connectivity index (χ2v) is 6.92. The number of hydrogen-bond donors (Lipinski definition) is 1. The molecule has 3 aliphatic rings. The van der Waals surface area contributed by atoms with Crippen LogP contribution in [0.4, 0.5) is 0 Å². The van der Waals surface area contributed by atoms with E-state index in [1.165, 1.54) is 57.8 Å². The van der Waals surface area contributed by atoms with Gasteiger partial charge in [0.1, 0.15) is 0 Å². The van der Waals surface area contributed by atoms with Crippen LogP contribution < -0.4 is 5.32 Å². The number of nitrogens with one attached hydrogen (secondary N) is 1. The molecule has 2 heterocycles. The topological polar surface area (TPSA) is 51.0 Å². The normalized spacial score (nSPS) is 35.1. The molecule has 3 atom stereocenters. The molecule has 0 bridgehead atoms. The summed E-state index contributed by atoms with van der Waals surface area (Å²) in [7, 11) is 0. The van der Waals surface area contributed by atoms with Gasteiger partial charge < -0.3 is 9.84 Å². The fraction of sp³-hybridized carbons (Fsp3) is 0.875. The van der Waals surface area contributed by atoms with Crippen molar-refractivity contribution in [3.05, 3.63) is 11.7 Å². The largest absolute Gasteiger partial charge is 0.338 e. The summed E-state index contributed by atoms with van der Waals surface area (Å²) in [4.78, 5) is 4.71. The number of hydrogen-bond acceptors (Lipinski definition) is 4. The Bertz CT molecular complexity index is 452. The average molecular weight is 275 g/mol. The molecule has 1 saturated heterocycles. The predicted octanol–water partition coefficient (Wildman–Crippen LogP) is 3.71. The Morgan fingerprint density at radius 2 is 1.70 bits per heavy atom. The summed E-state index contributed by atoms with van der Waals surface area (Å²) in [6.07, 6.45) is 13.1. The van der Waals surface area contributed by atoms with Crippen molar-refractivity contribution in [1.29, 1.82) is 0 Å². The first kappa shape index (κ1) is 12.8. The number of aromatic nitrogens is 2. The highest BCUT2D eigenvalue weighted by Crippen LogP contribution is 2.37. The number of piperidine rings is 1. The maximum absolute atomic E-state index is 5.57. The summed E-state index contributed by atoms with van der Waals surface area (Å²) in [5.74, 6) is 3.25. The molecular formula is C16H25N3O. The van der Waals surface area contributed by atoms with E-state index >= 15 is 0 Å². The third-order valence-corrected chi connectivity index (χ3v) is 5.63. The minimum atomic E-state index is 0.303. The molecule has 20 heavy (non-hydrogen) atoms. The zero-order chi connectivity index (χ0) is 13.4. The highest BCUT2D eigenvalue weighted by Gasteiger charge is 2.34.